The van der Waals surface area contributed by atoms with Crippen LogP contribution in [0.25, 0.3) is 0 Å². The van der Waals surface area contributed by atoms with Crippen molar-refractivity contribution in [3.05, 3.63) is 59.7 Å². The molecule has 1 N–H and O–H groups in total. The predicted octanol–water partition coefficient (Wildman–Crippen LogP) is 7.24. The summed E-state index contributed by atoms with van der Waals surface area (Å²) in [6, 6.07) is 7.91. The van der Waals surface area contributed by atoms with Crippen LogP contribution in [0.3, 0.4) is 0 Å². The van der Waals surface area contributed by atoms with Gasteiger partial charge in [-0.1, -0.05) is 89.5 Å². The smallest absolute Gasteiger partial charge is 0.305 e. The molecule has 4 nitrogen and oxygen atoms in total. The Morgan fingerprint density at radius 1 is 1.06 bits per heavy atom. The molecule has 33 heavy (non-hydrogen) atoms. The summed E-state index contributed by atoms with van der Waals surface area (Å²) in [5.41, 5.74) is 1.93. The van der Waals surface area contributed by atoms with E-state index < -0.39 is 6.10 Å². The summed E-state index contributed by atoms with van der Waals surface area (Å²) in [5, 5.41) is 10.4. The number of rotatable bonds is 14. The molecule has 1 aromatic carbocycles. The summed E-state index contributed by atoms with van der Waals surface area (Å²) < 4.78 is 5.08. The summed E-state index contributed by atoms with van der Waals surface area (Å²) in [4.78, 5) is 24.0. The number of aliphatic hydroxyl groups is 1. The van der Waals surface area contributed by atoms with Crippen LogP contribution >= 0.6 is 0 Å². The Labute approximate surface area is 201 Å². The maximum absolute atomic E-state index is 12.5. The predicted molar refractivity (Wildman–Crippen MR) is 136 cm³/mol. The van der Waals surface area contributed by atoms with Gasteiger partial charge in [0.25, 0.3) is 0 Å². The molecule has 1 aliphatic rings. The van der Waals surface area contributed by atoms with E-state index in [0.717, 1.165) is 62.5 Å². The number of esters is 1. The van der Waals surface area contributed by atoms with Gasteiger partial charge in [0.1, 0.15) is 0 Å². The van der Waals surface area contributed by atoms with Gasteiger partial charge in [-0.05, 0) is 55.2 Å². The summed E-state index contributed by atoms with van der Waals surface area (Å²) in [7, 11) is 0. The third-order valence-electron chi connectivity index (χ3n) is 5.80. The van der Waals surface area contributed by atoms with Crippen molar-refractivity contribution in [1.29, 1.82) is 0 Å². The van der Waals surface area contributed by atoms with Gasteiger partial charge in [0.2, 0.25) is 0 Å². The van der Waals surface area contributed by atoms with E-state index in [1.54, 1.807) is 6.08 Å². The lowest BCUT2D eigenvalue weighted by atomic mass is 9.85. The number of hydrogen-bond acceptors (Lipinski definition) is 4. The molecule has 0 saturated carbocycles. The van der Waals surface area contributed by atoms with Crippen molar-refractivity contribution in [3.63, 3.8) is 0 Å². The molecule has 1 aliphatic carbocycles. The molecule has 0 bridgehead atoms. The van der Waals surface area contributed by atoms with Crippen LogP contribution in [-0.2, 0) is 14.3 Å². The number of ether oxygens (including phenoxy) is 1. The van der Waals surface area contributed by atoms with E-state index in [1.807, 2.05) is 51.1 Å². The minimum atomic E-state index is -0.434. The summed E-state index contributed by atoms with van der Waals surface area (Å²) in [5.74, 6) is 0.0189. The normalized spacial score (nSPS) is 18.3. The van der Waals surface area contributed by atoms with Gasteiger partial charge in [-0.2, -0.15) is 0 Å². The van der Waals surface area contributed by atoms with Gasteiger partial charge in [0, 0.05) is 6.42 Å². The maximum Gasteiger partial charge on any atom is 0.305 e. The van der Waals surface area contributed by atoms with E-state index in [4.69, 9.17) is 4.74 Å². The Balaban J connectivity index is 0.00000265. The number of unbranched alkanes of at least 4 members (excludes halogenated alkanes) is 3. The summed E-state index contributed by atoms with van der Waals surface area (Å²) in [6.45, 7) is 8.64. The quantitative estimate of drug-likeness (QED) is 0.182. The van der Waals surface area contributed by atoms with Crippen molar-refractivity contribution in [2.75, 3.05) is 6.61 Å². The molecule has 3 unspecified atom stereocenters. The van der Waals surface area contributed by atoms with Gasteiger partial charge in [-0.25, -0.2) is 0 Å². The molecule has 0 amide bonds. The van der Waals surface area contributed by atoms with Crippen LogP contribution in [0.2, 0.25) is 0 Å². The van der Waals surface area contributed by atoms with Crippen LogP contribution in [0.1, 0.15) is 109 Å². The van der Waals surface area contributed by atoms with Gasteiger partial charge in [-0.3, -0.25) is 9.59 Å². The van der Waals surface area contributed by atoms with Crippen molar-refractivity contribution in [3.8, 4) is 0 Å². The molecule has 0 aromatic heterocycles. The number of allylic oxidation sites excluding steroid dienone is 4. The van der Waals surface area contributed by atoms with Crippen molar-refractivity contribution in [1.82, 2.24) is 0 Å². The SMILES string of the molecule is CC.CCCCCC(O)c1ccc(C2C(=O)C=CC2C/C=C\CCCC(=O)OCCC)cc1. The van der Waals surface area contributed by atoms with Gasteiger partial charge >= 0.3 is 5.97 Å². The van der Waals surface area contributed by atoms with E-state index in [1.165, 1.54) is 0 Å². The lowest BCUT2D eigenvalue weighted by molar-refractivity contribution is -0.143. The molecular weight excluding hydrogens is 412 g/mol. The Hall–Kier alpha value is -2.20. The highest BCUT2D eigenvalue weighted by Gasteiger charge is 2.30. The standard InChI is InChI=1S/C27H38O4.C2H6/c1-3-5-8-12-24(28)21-14-16-23(17-15-21)27-22(18-19-25(27)29)11-9-6-7-10-13-26(30)31-20-4-2;1-2/h6,9,14-19,22,24,27-28H,3-5,7-8,10-13,20H2,1-2H3;1-2H3/b9-6-;. The Kier molecular flexibility index (Phi) is 15.1. The summed E-state index contributed by atoms with van der Waals surface area (Å²) in [6.07, 6.45) is 15.3. The fourth-order valence-corrected chi connectivity index (χ4v) is 3.97. The Bertz CT molecular complexity index is 732. The molecule has 1 aromatic rings. The number of aliphatic hydroxyl groups excluding tert-OH is 1. The molecule has 2 rings (SSSR count). The molecule has 0 saturated heterocycles. The van der Waals surface area contributed by atoms with Crippen molar-refractivity contribution in [2.24, 2.45) is 5.92 Å². The van der Waals surface area contributed by atoms with Crippen LogP contribution in [0.5, 0.6) is 0 Å². The number of ketones is 1. The minimum absolute atomic E-state index is 0.126. The fraction of sp³-hybridized carbons (Fsp3) is 0.586. The zero-order valence-electron chi connectivity index (χ0n) is 21.1. The van der Waals surface area contributed by atoms with E-state index in [9.17, 15) is 14.7 Å². The molecule has 184 valence electrons. The molecule has 0 spiro atoms. The van der Waals surface area contributed by atoms with Crippen LogP contribution in [0.4, 0.5) is 0 Å². The Morgan fingerprint density at radius 2 is 1.79 bits per heavy atom. The molecular formula is C29H44O4. The second-order valence-electron chi connectivity index (χ2n) is 8.40. The van der Waals surface area contributed by atoms with E-state index >= 15 is 0 Å². The Morgan fingerprint density at radius 3 is 2.45 bits per heavy atom. The number of hydrogen-bond donors (Lipinski definition) is 1. The van der Waals surface area contributed by atoms with E-state index in [2.05, 4.69) is 19.1 Å². The topological polar surface area (TPSA) is 63.6 Å². The molecule has 0 radical (unpaired) electrons. The maximum atomic E-state index is 12.5. The van der Waals surface area contributed by atoms with E-state index in [-0.39, 0.29) is 23.6 Å². The number of carbonyl (C=O) groups is 2. The lowest BCUT2D eigenvalue weighted by Gasteiger charge is -2.18. The molecule has 4 heteroatoms. The summed E-state index contributed by atoms with van der Waals surface area (Å²) >= 11 is 0. The van der Waals surface area contributed by atoms with Gasteiger partial charge in [-0.15, -0.1) is 0 Å². The van der Waals surface area contributed by atoms with Gasteiger partial charge in [0.15, 0.2) is 5.78 Å². The van der Waals surface area contributed by atoms with Crippen molar-refractivity contribution in [2.45, 2.75) is 97.5 Å². The van der Waals surface area contributed by atoms with Crippen molar-refractivity contribution < 1.29 is 19.4 Å². The van der Waals surface area contributed by atoms with E-state index in [0.29, 0.717) is 13.0 Å². The lowest BCUT2D eigenvalue weighted by Crippen LogP contribution is -2.13. The number of carbonyl (C=O) groups excluding carboxylic acids is 2. The highest BCUT2D eigenvalue weighted by atomic mass is 16.5. The van der Waals surface area contributed by atoms with Crippen LogP contribution in [0, 0.1) is 5.92 Å². The first-order valence-corrected chi connectivity index (χ1v) is 12.9. The largest absolute Gasteiger partial charge is 0.466 e. The average molecular weight is 457 g/mol. The monoisotopic (exact) mass is 456 g/mol. The first-order chi connectivity index (χ1) is 16.1. The first kappa shape index (κ1) is 28.8. The van der Waals surface area contributed by atoms with Crippen LogP contribution in [0.15, 0.2) is 48.6 Å². The first-order valence-electron chi connectivity index (χ1n) is 12.9. The third kappa shape index (κ3) is 10.5. The average Bonchev–Trinajstić information content (AvgIpc) is 3.21. The molecule has 0 fully saturated rings. The molecule has 0 aliphatic heterocycles. The zero-order chi connectivity index (χ0) is 24.5. The highest BCUT2D eigenvalue weighted by Crippen LogP contribution is 2.35. The zero-order valence-corrected chi connectivity index (χ0v) is 21.1. The van der Waals surface area contributed by atoms with Gasteiger partial charge in [0.05, 0.1) is 18.6 Å². The minimum Gasteiger partial charge on any atom is -0.466 e. The molecule has 3 atom stereocenters. The number of benzene rings is 1. The molecule has 0 heterocycles. The fourth-order valence-electron chi connectivity index (χ4n) is 3.97. The highest BCUT2D eigenvalue weighted by molar-refractivity contribution is 5.98. The second kappa shape index (κ2) is 17.3. The van der Waals surface area contributed by atoms with Crippen LogP contribution < -0.4 is 0 Å². The van der Waals surface area contributed by atoms with Gasteiger partial charge < -0.3 is 9.84 Å². The third-order valence-corrected chi connectivity index (χ3v) is 5.80. The van der Waals surface area contributed by atoms with Crippen LogP contribution in [-0.4, -0.2) is 23.5 Å². The second-order valence-corrected chi connectivity index (χ2v) is 8.40. The van der Waals surface area contributed by atoms with Crippen molar-refractivity contribution >= 4 is 11.8 Å².